The van der Waals surface area contributed by atoms with Crippen LogP contribution in [0.3, 0.4) is 0 Å². The van der Waals surface area contributed by atoms with Gasteiger partial charge in [0.25, 0.3) is 0 Å². The lowest BCUT2D eigenvalue weighted by molar-refractivity contribution is -0.140. The lowest BCUT2D eigenvalue weighted by Crippen LogP contribution is -2.49. The topological polar surface area (TPSA) is 67.9 Å². The molecule has 0 saturated heterocycles. The van der Waals surface area contributed by atoms with Crippen molar-refractivity contribution in [2.75, 3.05) is 6.79 Å². The van der Waals surface area contributed by atoms with Gasteiger partial charge in [-0.15, -0.1) is 0 Å². The molecule has 7 heteroatoms. The molecule has 1 unspecified atom stereocenters. The fourth-order valence-corrected chi connectivity index (χ4v) is 3.48. The predicted octanol–water partition coefficient (Wildman–Crippen LogP) is 3.94. The van der Waals surface area contributed by atoms with E-state index in [1.54, 1.807) is 17.9 Å². The highest BCUT2D eigenvalue weighted by molar-refractivity contribution is 6.31. The number of ether oxygens (including phenoxy) is 2. The van der Waals surface area contributed by atoms with E-state index in [1.165, 1.54) is 0 Å². The fraction of sp³-hybridized carbons (Fsp3) is 0.391. The quantitative estimate of drug-likeness (QED) is 0.688. The fourth-order valence-electron chi connectivity index (χ4n) is 3.29. The number of amides is 2. The summed E-state index contributed by atoms with van der Waals surface area (Å²) in [6, 6.07) is 12.4. The summed E-state index contributed by atoms with van der Waals surface area (Å²) < 4.78 is 10.7. The standard InChI is InChI=1S/C23H27ClN2O4/c1-15(2)25-23(28)16(3)26(13-18-6-4-5-7-19(18)24)22(27)11-9-17-8-10-20-21(12-17)30-14-29-20/h4-8,10,12,15-16H,9,11,13-14H2,1-3H3,(H,25,28). The van der Waals surface area contributed by atoms with Crippen LogP contribution in [0.15, 0.2) is 42.5 Å². The maximum Gasteiger partial charge on any atom is 0.242 e. The van der Waals surface area contributed by atoms with E-state index in [-0.39, 0.29) is 37.6 Å². The van der Waals surface area contributed by atoms with Crippen molar-refractivity contribution in [1.82, 2.24) is 10.2 Å². The van der Waals surface area contributed by atoms with Crippen molar-refractivity contribution in [3.8, 4) is 11.5 Å². The van der Waals surface area contributed by atoms with Crippen molar-refractivity contribution >= 4 is 23.4 Å². The zero-order valence-corrected chi connectivity index (χ0v) is 18.2. The van der Waals surface area contributed by atoms with Gasteiger partial charge in [-0.3, -0.25) is 9.59 Å². The van der Waals surface area contributed by atoms with E-state index in [2.05, 4.69) is 5.32 Å². The number of nitrogens with zero attached hydrogens (tertiary/aromatic N) is 1. The molecule has 2 amide bonds. The Labute approximate surface area is 182 Å². The van der Waals surface area contributed by atoms with Gasteiger partial charge >= 0.3 is 0 Å². The van der Waals surface area contributed by atoms with Gasteiger partial charge in [-0.2, -0.15) is 0 Å². The number of nitrogens with one attached hydrogen (secondary N) is 1. The Bertz CT molecular complexity index is 916. The second-order valence-electron chi connectivity index (χ2n) is 7.64. The number of halogens is 1. The molecule has 2 aromatic rings. The molecule has 0 radical (unpaired) electrons. The van der Waals surface area contributed by atoms with Crippen LogP contribution in [0.1, 0.15) is 38.3 Å². The molecule has 1 atom stereocenters. The molecule has 0 fully saturated rings. The van der Waals surface area contributed by atoms with Crippen LogP contribution < -0.4 is 14.8 Å². The Hall–Kier alpha value is -2.73. The van der Waals surface area contributed by atoms with Gasteiger partial charge in [0, 0.05) is 24.0 Å². The van der Waals surface area contributed by atoms with E-state index in [4.69, 9.17) is 21.1 Å². The molecule has 0 spiro atoms. The Morgan fingerprint density at radius 1 is 1.10 bits per heavy atom. The first kappa shape index (κ1) is 22.0. The van der Waals surface area contributed by atoms with Crippen LogP contribution in [0.5, 0.6) is 11.5 Å². The third kappa shape index (κ3) is 5.45. The van der Waals surface area contributed by atoms with Crippen molar-refractivity contribution in [2.45, 2.75) is 52.2 Å². The van der Waals surface area contributed by atoms with Crippen molar-refractivity contribution in [3.05, 3.63) is 58.6 Å². The molecule has 0 saturated carbocycles. The van der Waals surface area contributed by atoms with Crippen LogP contribution in [-0.2, 0) is 22.6 Å². The SMILES string of the molecule is CC(C)NC(=O)C(C)N(Cc1ccccc1Cl)C(=O)CCc1ccc2c(c1)OCO2. The van der Waals surface area contributed by atoms with Crippen molar-refractivity contribution < 1.29 is 19.1 Å². The first-order chi connectivity index (χ1) is 14.3. The van der Waals surface area contributed by atoms with E-state index in [9.17, 15) is 9.59 Å². The Morgan fingerprint density at radius 3 is 2.57 bits per heavy atom. The summed E-state index contributed by atoms with van der Waals surface area (Å²) in [5.41, 5.74) is 1.78. The highest BCUT2D eigenvalue weighted by atomic mass is 35.5. The number of fused-ring (bicyclic) bond motifs is 1. The second-order valence-corrected chi connectivity index (χ2v) is 8.05. The van der Waals surface area contributed by atoms with Gasteiger partial charge in [0.1, 0.15) is 6.04 Å². The van der Waals surface area contributed by atoms with E-state index >= 15 is 0 Å². The molecule has 6 nitrogen and oxygen atoms in total. The van der Waals surface area contributed by atoms with Gasteiger partial charge in [0.15, 0.2) is 11.5 Å². The number of benzene rings is 2. The van der Waals surface area contributed by atoms with Gasteiger partial charge < -0.3 is 19.7 Å². The Kier molecular flexibility index (Phi) is 7.21. The molecule has 160 valence electrons. The van der Waals surface area contributed by atoms with E-state index in [0.717, 1.165) is 11.1 Å². The third-order valence-electron chi connectivity index (χ3n) is 4.96. The summed E-state index contributed by atoms with van der Waals surface area (Å²) in [7, 11) is 0. The van der Waals surface area contributed by atoms with Crippen LogP contribution >= 0.6 is 11.6 Å². The molecule has 0 aromatic heterocycles. The third-order valence-corrected chi connectivity index (χ3v) is 5.33. The predicted molar refractivity (Wildman–Crippen MR) is 116 cm³/mol. The molecule has 1 N–H and O–H groups in total. The number of hydrogen-bond donors (Lipinski definition) is 1. The number of carbonyl (C=O) groups excluding carboxylic acids is 2. The molecule has 3 rings (SSSR count). The molecular weight excluding hydrogens is 404 g/mol. The highest BCUT2D eigenvalue weighted by Gasteiger charge is 2.27. The molecule has 0 aliphatic carbocycles. The van der Waals surface area contributed by atoms with Crippen LogP contribution in [0.4, 0.5) is 0 Å². The molecule has 2 aromatic carbocycles. The average molecular weight is 431 g/mol. The monoisotopic (exact) mass is 430 g/mol. The maximum absolute atomic E-state index is 13.1. The first-order valence-corrected chi connectivity index (χ1v) is 10.4. The number of carbonyl (C=O) groups is 2. The van der Waals surface area contributed by atoms with Gasteiger partial charge in [-0.1, -0.05) is 35.9 Å². The summed E-state index contributed by atoms with van der Waals surface area (Å²) in [6.07, 6.45) is 0.802. The minimum atomic E-state index is -0.618. The lowest BCUT2D eigenvalue weighted by atomic mass is 10.1. The summed E-state index contributed by atoms with van der Waals surface area (Å²) >= 11 is 6.30. The maximum atomic E-state index is 13.1. The van der Waals surface area contributed by atoms with Gasteiger partial charge in [-0.05, 0) is 56.5 Å². The first-order valence-electron chi connectivity index (χ1n) is 10.1. The molecule has 1 aliphatic heterocycles. The smallest absolute Gasteiger partial charge is 0.242 e. The normalized spacial score (nSPS) is 13.2. The molecule has 0 bridgehead atoms. The van der Waals surface area contributed by atoms with Crippen LogP contribution in [-0.4, -0.2) is 35.6 Å². The van der Waals surface area contributed by atoms with Crippen LogP contribution in [0.25, 0.3) is 0 Å². The summed E-state index contributed by atoms with van der Waals surface area (Å²) in [5, 5.41) is 3.46. The zero-order chi connectivity index (χ0) is 21.7. The van der Waals surface area contributed by atoms with Crippen LogP contribution in [0.2, 0.25) is 5.02 Å². The summed E-state index contributed by atoms with van der Waals surface area (Å²) in [6.45, 7) is 6.01. The Morgan fingerprint density at radius 2 is 1.83 bits per heavy atom. The average Bonchev–Trinajstić information content (AvgIpc) is 3.18. The largest absolute Gasteiger partial charge is 0.454 e. The minimum absolute atomic E-state index is 0.00847. The van der Waals surface area contributed by atoms with Crippen molar-refractivity contribution in [3.63, 3.8) is 0 Å². The summed E-state index contributed by atoms with van der Waals surface area (Å²) in [4.78, 5) is 27.3. The highest BCUT2D eigenvalue weighted by Crippen LogP contribution is 2.32. The number of aryl methyl sites for hydroxylation is 1. The Balaban J connectivity index is 1.73. The number of hydrogen-bond acceptors (Lipinski definition) is 4. The van der Waals surface area contributed by atoms with E-state index in [0.29, 0.717) is 22.9 Å². The van der Waals surface area contributed by atoms with Crippen molar-refractivity contribution in [2.24, 2.45) is 0 Å². The molecule has 30 heavy (non-hydrogen) atoms. The van der Waals surface area contributed by atoms with Gasteiger partial charge in [0.2, 0.25) is 18.6 Å². The van der Waals surface area contributed by atoms with Gasteiger partial charge in [-0.25, -0.2) is 0 Å². The molecule has 1 heterocycles. The lowest BCUT2D eigenvalue weighted by Gasteiger charge is -2.29. The zero-order valence-electron chi connectivity index (χ0n) is 17.5. The molecular formula is C23H27ClN2O4. The van der Waals surface area contributed by atoms with Gasteiger partial charge in [0.05, 0.1) is 0 Å². The molecule has 1 aliphatic rings. The second kappa shape index (κ2) is 9.85. The van der Waals surface area contributed by atoms with Crippen LogP contribution in [0, 0.1) is 0 Å². The van der Waals surface area contributed by atoms with Crippen molar-refractivity contribution in [1.29, 1.82) is 0 Å². The summed E-state index contributed by atoms with van der Waals surface area (Å²) in [5.74, 6) is 1.11. The van der Waals surface area contributed by atoms with E-state index < -0.39 is 6.04 Å². The van der Waals surface area contributed by atoms with E-state index in [1.807, 2.05) is 50.2 Å². The number of rotatable bonds is 8. The minimum Gasteiger partial charge on any atom is -0.454 e.